The smallest absolute Gasteiger partial charge is 0.292 e. The predicted molar refractivity (Wildman–Crippen MR) is 74.7 cm³/mol. The van der Waals surface area contributed by atoms with Gasteiger partial charge in [0.25, 0.3) is 11.7 Å². The van der Waals surface area contributed by atoms with E-state index in [1.165, 1.54) is 12.8 Å². The van der Waals surface area contributed by atoms with Gasteiger partial charge in [-0.15, -0.1) is 0 Å². The highest BCUT2D eigenvalue weighted by Crippen LogP contribution is 2.28. The van der Waals surface area contributed by atoms with E-state index in [0.29, 0.717) is 11.9 Å². The Morgan fingerprint density at radius 1 is 1.29 bits per heavy atom. The van der Waals surface area contributed by atoms with Gasteiger partial charge in [0.1, 0.15) is 0 Å². The summed E-state index contributed by atoms with van der Waals surface area (Å²) in [6, 6.07) is 0.833. The van der Waals surface area contributed by atoms with E-state index in [2.05, 4.69) is 25.7 Å². The van der Waals surface area contributed by atoms with Gasteiger partial charge in [0.05, 0.1) is 6.04 Å². The fourth-order valence-electron chi connectivity index (χ4n) is 3.85. The van der Waals surface area contributed by atoms with Crippen molar-refractivity contribution in [2.75, 3.05) is 19.6 Å². The fourth-order valence-corrected chi connectivity index (χ4v) is 3.85. The molecule has 114 valence electrons. The molecule has 3 saturated heterocycles. The number of fused-ring (bicyclic) bond motifs is 1. The molecule has 4 rings (SSSR count). The summed E-state index contributed by atoms with van der Waals surface area (Å²) in [4.78, 5) is 19.0. The Morgan fingerprint density at radius 2 is 2.24 bits per heavy atom. The van der Waals surface area contributed by atoms with E-state index in [0.717, 1.165) is 38.9 Å². The minimum Gasteiger partial charge on any atom is -0.345 e. The average Bonchev–Trinajstić information content (AvgIpc) is 3.25. The van der Waals surface area contributed by atoms with Crippen LogP contribution in [0.25, 0.3) is 0 Å². The van der Waals surface area contributed by atoms with E-state index in [1.54, 1.807) is 0 Å². The van der Waals surface area contributed by atoms with Gasteiger partial charge >= 0.3 is 0 Å². The van der Waals surface area contributed by atoms with Crippen molar-refractivity contribution in [3.8, 4) is 0 Å². The van der Waals surface area contributed by atoms with E-state index < -0.39 is 0 Å². The predicted octanol–water partition coefficient (Wildman–Crippen LogP) is 0.461. The lowest BCUT2D eigenvalue weighted by Gasteiger charge is -2.20. The molecule has 3 atom stereocenters. The number of hydrogen-bond donors (Lipinski definition) is 2. The molecule has 7 nitrogen and oxygen atoms in total. The van der Waals surface area contributed by atoms with Crippen molar-refractivity contribution in [2.45, 2.75) is 50.2 Å². The van der Waals surface area contributed by atoms with Crippen molar-refractivity contribution in [3.05, 3.63) is 11.7 Å². The van der Waals surface area contributed by atoms with Crippen LogP contribution in [0.5, 0.6) is 0 Å². The van der Waals surface area contributed by atoms with Crippen molar-refractivity contribution in [1.29, 1.82) is 0 Å². The molecule has 1 aromatic heterocycles. The molecular formula is C14H21N5O2. The maximum atomic E-state index is 12.3. The number of amides is 1. The van der Waals surface area contributed by atoms with Gasteiger partial charge in [-0.05, 0) is 45.2 Å². The van der Waals surface area contributed by atoms with Crippen LogP contribution in [0.4, 0.5) is 0 Å². The lowest BCUT2D eigenvalue weighted by Crippen LogP contribution is -2.42. The molecular weight excluding hydrogens is 270 g/mol. The van der Waals surface area contributed by atoms with Crippen LogP contribution in [-0.2, 0) is 0 Å². The average molecular weight is 291 g/mol. The zero-order chi connectivity index (χ0) is 14.2. The van der Waals surface area contributed by atoms with Crippen molar-refractivity contribution in [2.24, 2.45) is 0 Å². The molecule has 0 saturated carbocycles. The standard InChI is InChI=1S/C14H21N5O2/c20-13(16-9-5-8-19-7-2-4-11(9)19)12-17-14(21-18-12)10-3-1-6-15-10/h9-11,15H,1-8H2,(H,16,20). The third kappa shape index (κ3) is 2.44. The van der Waals surface area contributed by atoms with Crippen LogP contribution >= 0.6 is 0 Å². The fraction of sp³-hybridized carbons (Fsp3) is 0.786. The summed E-state index contributed by atoms with van der Waals surface area (Å²) in [5.41, 5.74) is 0. The SMILES string of the molecule is O=C(NC1CCN2CCCC12)c1noc(C2CCCN2)n1. The highest BCUT2D eigenvalue weighted by molar-refractivity contribution is 5.90. The van der Waals surface area contributed by atoms with Crippen LogP contribution in [0.1, 0.15) is 54.7 Å². The molecule has 0 spiro atoms. The van der Waals surface area contributed by atoms with Crippen molar-refractivity contribution >= 4 is 5.91 Å². The van der Waals surface area contributed by atoms with E-state index in [4.69, 9.17) is 4.52 Å². The van der Waals surface area contributed by atoms with Gasteiger partial charge in [-0.3, -0.25) is 9.69 Å². The van der Waals surface area contributed by atoms with Crippen LogP contribution in [-0.4, -0.2) is 52.7 Å². The normalized spacial score (nSPS) is 32.5. The second kappa shape index (κ2) is 5.38. The van der Waals surface area contributed by atoms with Crippen molar-refractivity contribution in [3.63, 3.8) is 0 Å². The van der Waals surface area contributed by atoms with Gasteiger partial charge in [0.15, 0.2) is 0 Å². The molecule has 3 aliphatic heterocycles. The molecule has 1 aromatic rings. The number of nitrogens with one attached hydrogen (secondary N) is 2. The zero-order valence-corrected chi connectivity index (χ0v) is 12.0. The van der Waals surface area contributed by atoms with Gasteiger partial charge in [0, 0.05) is 18.6 Å². The molecule has 1 amide bonds. The van der Waals surface area contributed by atoms with Gasteiger partial charge in [-0.1, -0.05) is 5.16 Å². The molecule has 7 heteroatoms. The van der Waals surface area contributed by atoms with Gasteiger partial charge < -0.3 is 15.2 Å². The highest BCUT2D eigenvalue weighted by atomic mass is 16.5. The Kier molecular flexibility index (Phi) is 3.39. The van der Waals surface area contributed by atoms with E-state index >= 15 is 0 Å². The molecule has 0 radical (unpaired) electrons. The Bertz CT molecular complexity index is 525. The summed E-state index contributed by atoms with van der Waals surface area (Å²) in [5, 5.41) is 10.2. The first-order valence-corrected chi connectivity index (χ1v) is 7.93. The first-order chi connectivity index (χ1) is 10.3. The molecule has 0 bridgehead atoms. The minimum atomic E-state index is -0.207. The molecule has 2 N–H and O–H groups in total. The van der Waals surface area contributed by atoms with E-state index in [-0.39, 0.29) is 23.8 Å². The number of carbonyl (C=O) groups is 1. The quantitative estimate of drug-likeness (QED) is 0.842. The number of rotatable bonds is 3. The highest BCUT2D eigenvalue weighted by Gasteiger charge is 2.38. The largest absolute Gasteiger partial charge is 0.345 e. The minimum absolute atomic E-state index is 0.107. The van der Waals surface area contributed by atoms with E-state index in [9.17, 15) is 4.79 Å². The third-order valence-electron chi connectivity index (χ3n) is 4.93. The Hall–Kier alpha value is -1.47. The van der Waals surface area contributed by atoms with Gasteiger partial charge in [-0.2, -0.15) is 4.98 Å². The molecule has 3 fully saturated rings. The van der Waals surface area contributed by atoms with Crippen LogP contribution in [0.3, 0.4) is 0 Å². The summed E-state index contributed by atoms with van der Waals surface area (Å²) in [6.07, 6.45) is 5.52. The van der Waals surface area contributed by atoms with E-state index in [1.807, 2.05) is 0 Å². The molecule has 21 heavy (non-hydrogen) atoms. The van der Waals surface area contributed by atoms with Crippen LogP contribution in [0, 0.1) is 0 Å². The Balaban J connectivity index is 1.40. The zero-order valence-electron chi connectivity index (χ0n) is 12.0. The van der Waals surface area contributed by atoms with Gasteiger partial charge in [0.2, 0.25) is 5.89 Å². The molecule has 3 aliphatic rings. The second-order valence-electron chi connectivity index (χ2n) is 6.22. The summed E-state index contributed by atoms with van der Waals surface area (Å²) in [7, 11) is 0. The summed E-state index contributed by atoms with van der Waals surface area (Å²) >= 11 is 0. The Morgan fingerprint density at radius 3 is 3.10 bits per heavy atom. The topological polar surface area (TPSA) is 83.3 Å². The lowest BCUT2D eigenvalue weighted by atomic mass is 10.1. The van der Waals surface area contributed by atoms with Crippen LogP contribution < -0.4 is 10.6 Å². The molecule has 4 heterocycles. The monoisotopic (exact) mass is 291 g/mol. The molecule has 0 aromatic carbocycles. The number of hydrogen-bond acceptors (Lipinski definition) is 6. The lowest BCUT2D eigenvalue weighted by molar-refractivity contribution is 0.0916. The number of aromatic nitrogens is 2. The maximum absolute atomic E-state index is 12.3. The van der Waals surface area contributed by atoms with Crippen LogP contribution in [0.15, 0.2) is 4.52 Å². The molecule has 3 unspecified atom stereocenters. The summed E-state index contributed by atoms with van der Waals surface area (Å²) in [5.74, 6) is 0.489. The third-order valence-corrected chi connectivity index (χ3v) is 4.93. The maximum Gasteiger partial charge on any atom is 0.292 e. The first kappa shape index (κ1) is 13.2. The summed E-state index contributed by atoms with van der Waals surface area (Å²) in [6.45, 7) is 3.21. The Labute approximate surface area is 123 Å². The molecule has 0 aliphatic carbocycles. The number of carbonyl (C=O) groups excluding carboxylic acids is 1. The van der Waals surface area contributed by atoms with Crippen molar-refractivity contribution in [1.82, 2.24) is 25.7 Å². The van der Waals surface area contributed by atoms with Crippen LogP contribution in [0.2, 0.25) is 0 Å². The first-order valence-electron chi connectivity index (χ1n) is 7.93. The van der Waals surface area contributed by atoms with Gasteiger partial charge in [-0.25, -0.2) is 0 Å². The second-order valence-corrected chi connectivity index (χ2v) is 6.22. The number of nitrogens with zero attached hydrogens (tertiary/aromatic N) is 3. The van der Waals surface area contributed by atoms with Crippen molar-refractivity contribution < 1.29 is 9.32 Å². The summed E-state index contributed by atoms with van der Waals surface area (Å²) < 4.78 is 5.23.